The fourth-order valence-electron chi connectivity index (χ4n) is 2.21. The van der Waals surface area contributed by atoms with Gasteiger partial charge in [0.15, 0.2) is 5.96 Å². The van der Waals surface area contributed by atoms with Crippen molar-refractivity contribution in [2.24, 2.45) is 10.7 Å². The summed E-state index contributed by atoms with van der Waals surface area (Å²) in [6.45, 7) is 9.58. The van der Waals surface area contributed by atoms with E-state index in [0.717, 1.165) is 27.9 Å². The molecule has 0 aliphatic carbocycles. The maximum atomic E-state index is 5.91. The van der Waals surface area contributed by atoms with Crippen LogP contribution in [0.1, 0.15) is 33.5 Å². The fraction of sp³-hybridized carbons (Fsp3) is 0.467. The second kappa shape index (κ2) is 7.63. The first kappa shape index (κ1) is 19.2. The van der Waals surface area contributed by atoms with Gasteiger partial charge in [0, 0.05) is 16.6 Å². The van der Waals surface area contributed by atoms with E-state index in [1.807, 2.05) is 32.9 Å². The van der Waals surface area contributed by atoms with Gasteiger partial charge in [-0.3, -0.25) is 0 Å². The Morgan fingerprint density at radius 1 is 1.41 bits per heavy atom. The van der Waals surface area contributed by atoms with Crippen molar-refractivity contribution in [1.29, 1.82) is 0 Å². The monoisotopic (exact) mass is 479 g/mol. The van der Waals surface area contributed by atoms with Crippen molar-refractivity contribution >= 4 is 56.9 Å². The number of rotatable bonds is 3. The van der Waals surface area contributed by atoms with Crippen molar-refractivity contribution in [3.63, 3.8) is 0 Å². The maximum Gasteiger partial charge on any atom is 0.189 e. The molecule has 2 rings (SSSR count). The SMILES string of the molecule is CCn1c(CN=C(N)NC(C)(C)C)nc2cc(Br)ccc21.I. The first-order valence-electron chi connectivity index (χ1n) is 7.03. The second-order valence-electron chi connectivity index (χ2n) is 5.98. The molecule has 0 aliphatic heterocycles. The number of fused-ring (bicyclic) bond motifs is 1. The predicted molar refractivity (Wildman–Crippen MR) is 107 cm³/mol. The molecule has 0 aliphatic rings. The van der Waals surface area contributed by atoms with E-state index >= 15 is 0 Å². The minimum Gasteiger partial charge on any atom is -0.370 e. The van der Waals surface area contributed by atoms with Gasteiger partial charge in [0.2, 0.25) is 0 Å². The number of hydrogen-bond donors (Lipinski definition) is 2. The number of aryl methyl sites for hydroxylation is 1. The minimum absolute atomic E-state index is 0. The van der Waals surface area contributed by atoms with Crippen LogP contribution >= 0.6 is 39.9 Å². The molecule has 0 bridgehead atoms. The number of nitrogens with zero attached hydrogens (tertiary/aromatic N) is 3. The highest BCUT2D eigenvalue weighted by molar-refractivity contribution is 14.0. The van der Waals surface area contributed by atoms with Crippen LogP contribution in [-0.2, 0) is 13.1 Å². The molecular weight excluding hydrogens is 457 g/mol. The van der Waals surface area contributed by atoms with Crippen molar-refractivity contribution < 1.29 is 0 Å². The summed E-state index contributed by atoms with van der Waals surface area (Å²) in [7, 11) is 0. The molecule has 0 spiro atoms. The van der Waals surface area contributed by atoms with Gasteiger partial charge >= 0.3 is 0 Å². The average Bonchev–Trinajstić information content (AvgIpc) is 2.70. The van der Waals surface area contributed by atoms with Crippen LogP contribution in [0.15, 0.2) is 27.7 Å². The number of imidazole rings is 1. The number of nitrogens with two attached hydrogens (primary N) is 1. The first-order chi connectivity index (χ1) is 9.80. The van der Waals surface area contributed by atoms with Gasteiger partial charge in [-0.2, -0.15) is 0 Å². The van der Waals surface area contributed by atoms with Gasteiger partial charge < -0.3 is 15.6 Å². The van der Waals surface area contributed by atoms with Crippen LogP contribution in [0.5, 0.6) is 0 Å². The summed E-state index contributed by atoms with van der Waals surface area (Å²) in [5.74, 6) is 1.36. The molecule has 0 unspecified atom stereocenters. The Morgan fingerprint density at radius 2 is 2.09 bits per heavy atom. The van der Waals surface area contributed by atoms with Crippen LogP contribution in [-0.4, -0.2) is 21.0 Å². The Kier molecular flexibility index (Phi) is 6.66. The first-order valence-corrected chi connectivity index (χ1v) is 7.82. The Morgan fingerprint density at radius 3 is 2.68 bits per heavy atom. The van der Waals surface area contributed by atoms with E-state index in [-0.39, 0.29) is 29.5 Å². The molecule has 2 aromatic rings. The summed E-state index contributed by atoms with van der Waals surface area (Å²) in [5, 5.41) is 3.15. The van der Waals surface area contributed by atoms with Gasteiger partial charge in [-0.1, -0.05) is 15.9 Å². The third kappa shape index (κ3) is 4.84. The number of aromatic nitrogens is 2. The molecular formula is C15H23BrIN5. The lowest BCUT2D eigenvalue weighted by atomic mass is 10.1. The summed E-state index contributed by atoms with van der Waals surface area (Å²) in [6, 6.07) is 6.12. The van der Waals surface area contributed by atoms with Crippen LogP contribution < -0.4 is 11.1 Å². The second-order valence-corrected chi connectivity index (χ2v) is 6.90. The van der Waals surface area contributed by atoms with Gasteiger partial charge in [0.05, 0.1) is 11.0 Å². The summed E-state index contributed by atoms with van der Waals surface area (Å²) < 4.78 is 3.19. The van der Waals surface area contributed by atoms with E-state index in [0.29, 0.717) is 12.5 Å². The molecule has 0 radical (unpaired) electrons. The van der Waals surface area contributed by atoms with Gasteiger partial charge in [-0.15, -0.1) is 24.0 Å². The van der Waals surface area contributed by atoms with Crippen molar-refractivity contribution in [3.8, 4) is 0 Å². The van der Waals surface area contributed by atoms with E-state index in [4.69, 9.17) is 5.73 Å². The zero-order valence-corrected chi connectivity index (χ0v) is 17.3. The average molecular weight is 480 g/mol. The Bertz CT molecular complexity index is 672. The van der Waals surface area contributed by atoms with E-state index in [1.165, 1.54) is 0 Å². The molecule has 1 aromatic heterocycles. The van der Waals surface area contributed by atoms with Crippen molar-refractivity contribution in [3.05, 3.63) is 28.5 Å². The standard InChI is InChI=1S/C15H22BrN5.HI/c1-5-21-12-7-6-10(16)8-11(12)19-13(21)9-18-14(17)20-15(2,3)4;/h6-8H,5,9H2,1-4H3,(H3,17,18,20);1H. The summed E-state index contributed by atoms with van der Waals surface area (Å²) in [4.78, 5) is 9.05. The van der Waals surface area contributed by atoms with Gasteiger partial charge in [-0.25, -0.2) is 9.98 Å². The number of halogens is 2. The lowest BCUT2D eigenvalue weighted by molar-refractivity contribution is 0.508. The molecule has 0 fully saturated rings. The van der Waals surface area contributed by atoms with Gasteiger partial charge in [0.25, 0.3) is 0 Å². The topological polar surface area (TPSA) is 68.2 Å². The molecule has 0 saturated carbocycles. The highest BCUT2D eigenvalue weighted by Gasteiger charge is 2.12. The highest BCUT2D eigenvalue weighted by atomic mass is 127. The normalized spacial score (nSPS) is 12.3. The third-order valence-corrected chi connectivity index (χ3v) is 3.49. The zero-order valence-electron chi connectivity index (χ0n) is 13.4. The summed E-state index contributed by atoms with van der Waals surface area (Å²) in [5.41, 5.74) is 7.91. The highest BCUT2D eigenvalue weighted by Crippen LogP contribution is 2.21. The summed E-state index contributed by atoms with van der Waals surface area (Å²) >= 11 is 3.48. The minimum atomic E-state index is -0.0939. The van der Waals surface area contributed by atoms with E-state index in [1.54, 1.807) is 0 Å². The van der Waals surface area contributed by atoms with Crippen LogP contribution in [0, 0.1) is 0 Å². The molecule has 1 aromatic carbocycles. The zero-order chi connectivity index (χ0) is 15.6. The van der Waals surface area contributed by atoms with Crippen LogP contribution in [0.4, 0.5) is 0 Å². The van der Waals surface area contributed by atoms with E-state index in [2.05, 4.69) is 48.8 Å². The largest absolute Gasteiger partial charge is 0.370 e. The number of hydrogen-bond acceptors (Lipinski definition) is 2. The molecule has 22 heavy (non-hydrogen) atoms. The molecule has 0 amide bonds. The molecule has 0 saturated heterocycles. The van der Waals surface area contributed by atoms with Gasteiger partial charge in [0.1, 0.15) is 12.4 Å². The van der Waals surface area contributed by atoms with Crippen LogP contribution in [0.25, 0.3) is 11.0 Å². The Labute approximate surface area is 156 Å². The van der Waals surface area contributed by atoms with Crippen molar-refractivity contribution in [1.82, 2.24) is 14.9 Å². The Balaban J connectivity index is 0.00000242. The third-order valence-electron chi connectivity index (χ3n) is 3.00. The van der Waals surface area contributed by atoms with Crippen molar-refractivity contribution in [2.45, 2.75) is 46.3 Å². The fourth-order valence-corrected chi connectivity index (χ4v) is 2.56. The predicted octanol–water partition coefficient (Wildman–Crippen LogP) is 3.64. The lowest BCUT2D eigenvalue weighted by Crippen LogP contribution is -2.45. The van der Waals surface area contributed by atoms with E-state index < -0.39 is 0 Å². The van der Waals surface area contributed by atoms with E-state index in [9.17, 15) is 0 Å². The van der Waals surface area contributed by atoms with Gasteiger partial charge in [-0.05, 0) is 45.9 Å². The summed E-state index contributed by atoms with van der Waals surface area (Å²) in [6.07, 6.45) is 0. The quantitative estimate of drug-likeness (QED) is 0.401. The Hall–Kier alpha value is -0.830. The lowest BCUT2D eigenvalue weighted by Gasteiger charge is -2.20. The number of nitrogens with one attached hydrogen (secondary N) is 1. The molecule has 1 heterocycles. The molecule has 0 atom stereocenters. The molecule has 122 valence electrons. The number of guanidine groups is 1. The van der Waals surface area contributed by atoms with Crippen LogP contribution in [0.3, 0.4) is 0 Å². The van der Waals surface area contributed by atoms with Crippen molar-refractivity contribution in [2.75, 3.05) is 0 Å². The molecule has 7 heteroatoms. The number of aliphatic imine (C=N–C) groups is 1. The smallest absolute Gasteiger partial charge is 0.189 e. The molecule has 5 nitrogen and oxygen atoms in total. The van der Waals surface area contributed by atoms with Crippen LogP contribution in [0.2, 0.25) is 0 Å². The maximum absolute atomic E-state index is 5.91. The molecule has 3 N–H and O–H groups in total. The number of benzene rings is 1.